The molecule has 0 bridgehead atoms. The molecule has 1 aliphatic rings. The van der Waals surface area contributed by atoms with Gasteiger partial charge < -0.3 is 9.80 Å². The predicted octanol–water partition coefficient (Wildman–Crippen LogP) is 3.61. The zero-order valence-electron chi connectivity index (χ0n) is 14.0. The van der Waals surface area contributed by atoms with Crippen LogP contribution >= 0.6 is 11.6 Å². The van der Waals surface area contributed by atoms with Gasteiger partial charge in [0.2, 0.25) is 5.91 Å². The molecule has 2 aromatic rings. The molecular weight excluding hydrogens is 354 g/mol. The zero-order valence-corrected chi connectivity index (χ0v) is 14.8. The van der Waals surface area contributed by atoms with E-state index in [9.17, 15) is 14.9 Å². The zero-order chi connectivity index (χ0) is 18.5. The normalized spacial score (nSPS) is 14.7. The number of non-ortho nitro benzene ring substituents is 1. The van der Waals surface area contributed by atoms with Gasteiger partial charge in [-0.15, -0.1) is 0 Å². The molecule has 0 spiro atoms. The van der Waals surface area contributed by atoms with E-state index in [2.05, 4.69) is 4.90 Å². The van der Waals surface area contributed by atoms with Crippen molar-refractivity contribution >= 4 is 35.0 Å². The number of halogens is 1. The molecule has 1 heterocycles. The largest absolute Gasteiger partial charge is 0.368 e. The standard InChI is InChI=1S/C19H18ClN3O3/c20-16-5-7-17(8-6-16)21-10-12-22(13-11-21)19(24)9-4-15-2-1-3-18(14-15)23(25)26/h1-9,14H,10-13H2/b9-4+. The number of carbonyl (C=O) groups excluding carboxylic acids is 1. The van der Waals surface area contributed by atoms with E-state index in [0.717, 1.165) is 18.8 Å². The van der Waals surface area contributed by atoms with Gasteiger partial charge in [-0.2, -0.15) is 0 Å². The highest BCUT2D eigenvalue weighted by Crippen LogP contribution is 2.20. The quantitative estimate of drug-likeness (QED) is 0.468. The minimum absolute atomic E-state index is 0.0103. The lowest BCUT2D eigenvalue weighted by Gasteiger charge is -2.35. The molecule has 0 unspecified atom stereocenters. The summed E-state index contributed by atoms with van der Waals surface area (Å²) in [4.78, 5) is 26.7. The number of hydrogen-bond acceptors (Lipinski definition) is 4. The molecule has 0 radical (unpaired) electrons. The number of benzene rings is 2. The number of carbonyl (C=O) groups is 1. The fourth-order valence-electron chi connectivity index (χ4n) is 2.85. The van der Waals surface area contributed by atoms with Crippen LogP contribution in [0.4, 0.5) is 11.4 Å². The molecule has 1 fully saturated rings. The first-order valence-corrected chi connectivity index (χ1v) is 8.63. The summed E-state index contributed by atoms with van der Waals surface area (Å²) in [7, 11) is 0. The van der Waals surface area contributed by atoms with E-state index >= 15 is 0 Å². The van der Waals surface area contributed by atoms with Crippen LogP contribution in [0.15, 0.2) is 54.6 Å². The van der Waals surface area contributed by atoms with Crippen LogP contribution in [0.25, 0.3) is 6.08 Å². The Labute approximate surface area is 156 Å². The number of nitro groups is 1. The Balaban J connectivity index is 1.57. The molecule has 1 saturated heterocycles. The maximum Gasteiger partial charge on any atom is 0.270 e. The third-order valence-corrected chi connectivity index (χ3v) is 4.53. The van der Waals surface area contributed by atoms with Crippen molar-refractivity contribution < 1.29 is 9.72 Å². The first kappa shape index (κ1) is 17.9. The van der Waals surface area contributed by atoms with Gasteiger partial charge in [-0.1, -0.05) is 23.7 Å². The minimum atomic E-state index is -0.449. The molecule has 6 nitrogen and oxygen atoms in total. The van der Waals surface area contributed by atoms with Crippen LogP contribution in [0.1, 0.15) is 5.56 Å². The molecule has 1 amide bonds. The first-order valence-electron chi connectivity index (χ1n) is 8.25. The average Bonchev–Trinajstić information content (AvgIpc) is 2.67. The van der Waals surface area contributed by atoms with Crippen molar-refractivity contribution in [2.75, 3.05) is 31.1 Å². The first-order chi connectivity index (χ1) is 12.5. The van der Waals surface area contributed by atoms with Gasteiger partial charge in [0, 0.05) is 55.1 Å². The number of hydrogen-bond donors (Lipinski definition) is 0. The summed E-state index contributed by atoms with van der Waals surface area (Å²) < 4.78 is 0. The van der Waals surface area contributed by atoms with Crippen LogP contribution in [-0.4, -0.2) is 41.9 Å². The third-order valence-electron chi connectivity index (χ3n) is 4.28. The molecule has 3 rings (SSSR count). The molecule has 2 aromatic carbocycles. The van der Waals surface area contributed by atoms with Gasteiger partial charge in [0.1, 0.15) is 0 Å². The predicted molar refractivity (Wildman–Crippen MR) is 102 cm³/mol. The van der Waals surface area contributed by atoms with Crippen LogP contribution in [0, 0.1) is 10.1 Å². The summed E-state index contributed by atoms with van der Waals surface area (Å²) in [6.07, 6.45) is 3.08. The highest BCUT2D eigenvalue weighted by Gasteiger charge is 2.19. The maximum absolute atomic E-state index is 12.3. The fourth-order valence-corrected chi connectivity index (χ4v) is 2.98. The number of piperazine rings is 1. The van der Waals surface area contributed by atoms with Crippen molar-refractivity contribution in [1.82, 2.24) is 4.90 Å². The van der Waals surface area contributed by atoms with E-state index in [1.807, 2.05) is 24.3 Å². The van der Waals surface area contributed by atoms with E-state index in [1.54, 1.807) is 23.1 Å². The van der Waals surface area contributed by atoms with Crippen LogP contribution < -0.4 is 4.90 Å². The van der Waals surface area contributed by atoms with Gasteiger partial charge in [-0.25, -0.2) is 0 Å². The summed E-state index contributed by atoms with van der Waals surface area (Å²) in [5.41, 5.74) is 1.73. The van der Waals surface area contributed by atoms with Crippen molar-refractivity contribution in [2.45, 2.75) is 0 Å². The third kappa shape index (κ3) is 4.40. The number of anilines is 1. The molecule has 0 aliphatic carbocycles. The van der Waals surface area contributed by atoms with E-state index in [-0.39, 0.29) is 11.6 Å². The van der Waals surface area contributed by atoms with Crippen molar-refractivity contribution in [1.29, 1.82) is 0 Å². The van der Waals surface area contributed by atoms with Gasteiger partial charge in [-0.05, 0) is 35.9 Å². The lowest BCUT2D eigenvalue weighted by molar-refractivity contribution is -0.384. The second kappa shape index (κ2) is 8.01. The van der Waals surface area contributed by atoms with E-state index in [1.165, 1.54) is 18.2 Å². The summed E-state index contributed by atoms with van der Waals surface area (Å²) in [5, 5.41) is 11.5. The summed E-state index contributed by atoms with van der Waals surface area (Å²) in [6.45, 7) is 2.75. The molecule has 0 N–H and O–H groups in total. The van der Waals surface area contributed by atoms with Crippen LogP contribution in [-0.2, 0) is 4.79 Å². The number of nitro benzene ring substituents is 1. The Morgan fingerprint density at radius 3 is 2.42 bits per heavy atom. The molecule has 1 aliphatic heterocycles. The highest BCUT2D eigenvalue weighted by atomic mass is 35.5. The van der Waals surface area contributed by atoms with Gasteiger partial charge in [-0.3, -0.25) is 14.9 Å². The fraction of sp³-hybridized carbons (Fsp3) is 0.211. The van der Waals surface area contributed by atoms with Crippen LogP contribution in [0.5, 0.6) is 0 Å². The van der Waals surface area contributed by atoms with Crippen LogP contribution in [0.3, 0.4) is 0 Å². The van der Waals surface area contributed by atoms with Gasteiger partial charge in [0.25, 0.3) is 5.69 Å². The lowest BCUT2D eigenvalue weighted by atomic mass is 10.2. The second-order valence-electron chi connectivity index (χ2n) is 5.97. The highest BCUT2D eigenvalue weighted by molar-refractivity contribution is 6.30. The average molecular weight is 372 g/mol. The molecule has 0 saturated carbocycles. The van der Waals surface area contributed by atoms with Gasteiger partial charge >= 0.3 is 0 Å². The second-order valence-corrected chi connectivity index (χ2v) is 6.41. The summed E-state index contributed by atoms with van der Waals surface area (Å²) in [6, 6.07) is 13.9. The Morgan fingerprint density at radius 1 is 1.08 bits per heavy atom. The van der Waals surface area contributed by atoms with Crippen molar-refractivity contribution in [3.63, 3.8) is 0 Å². The molecule has 7 heteroatoms. The smallest absolute Gasteiger partial charge is 0.270 e. The number of amides is 1. The van der Waals surface area contributed by atoms with Crippen molar-refractivity contribution in [3.05, 3.63) is 75.3 Å². The van der Waals surface area contributed by atoms with E-state index in [4.69, 9.17) is 11.6 Å². The Morgan fingerprint density at radius 2 is 1.77 bits per heavy atom. The molecule has 0 atom stereocenters. The topological polar surface area (TPSA) is 66.7 Å². The molecule has 0 aromatic heterocycles. The SMILES string of the molecule is O=C(/C=C/c1cccc([N+](=O)[O-])c1)N1CCN(c2ccc(Cl)cc2)CC1. The van der Waals surface area contributed by atoms with Crippen molar-refractivity contribution in [3.8, 4) is 0 Å². The summed E-state index contributed by atoms with van der Waals surface area (Å²) in [5.74, 6) is -0.0905. The number of nitrogens with zero attached hydrogens (tertiary/aromatic N) is 3. The lowest BCUT2D eigenvalue weighted by Crippen LogP contribution is -2.48. The Kier molecular flexibility index (Phi) is 5.53. The maximum atomic E-state index is 12.3. The van der Waals surface area contributed by atoms with Crippen molar-refractivity contribution in [2.24, 2.45) is 0 Å². The molecule has 134 valence electrons. The number of rotatable bonds is 4. The van der Waals surface area contributed by atoms with Crippen LogP contribution in [0.2, 0.25) is 5.02 Å². The summed E-state index contributed by atoms with van der Waals surface area (Å²) >= 11 is 5.91. The van der Waals surface area contributed by atoms with Gasteiger partial charge in [0.15, 0.2) is 0 Å². The molecule has 26 heavy (non-hydrogen) atoms. The monoisotopic (exact) mass is 371 g/mol. The Hall–Kier alpha value is -2.86. The molecular formula is C19H18ClN3O3. The van der Waals surface area contributed by atoms with Gasteiger partial charge in [0.05, 0.1) is 4.92 Å². The minimum Gasteiger partial charge on any atom is -0.368 e. The van der Waals surface area contributed by atoms with E-state index in [0.29, 0.717) is 23.7 Å². The Bertz CT molecular complexity index is 828. The van der Waals surface area contributed by atoms with E-state index < -0.39 is 4.92 Å².